The number of nitrogens with one attached hydrogen (secondary N) is 1. The van der Waals surface area contributed by atoms with Crippen LogP contribution in [0.4, 0.5) is 16.2 Å². The van der Waals surface area contributed by atoms with Gasteiger partial charge in [-0.2, -0.15) is 0 Å². The van der Waals surface area contributed by atoms with Crippen molar-refractivity contribution >= 4 is 41.0 Å². The topological polar surface area (TPSA) is 79.4 Å². The SMILES string of the molecule is CN1CCN(c2ccccc2[C@H]2S[C@](C)(CC(=O)N3CCC(N4CCc5ccccc5NC4=O)CC3)C(=O)N2CCC(C)(C)C)CC1. The fourth-order valence-corrected chi connectivity index (χ4v) is 8.96. The van der Waals surface area contributed by atoms with Gasteiger partial charge in [0.05, 0.1) is 6.42 Å². The van der Waals surface area contributed by atoms with Gasteiger partial charge in [-0.1, -0.05) is 57.2 Å². The van der Waals surface area contributed by atoms with Gasteiger partial charge in [-0.3, -0.25) is 9.59 Å². The molecular formula is C37H52N6O3S. The average Bonchev–Trinajstić information content (AvgIpc) is 3.17. The second-order valence-corrected chi connectivity index (χ2v) is 16.8. The van der Waals surface area contributed by atoms with Crippen LogP contribution in [0.3, 0.4) is 0 Å². The maximum Gasteiger partial charge on any atom is 0.322 e. The van der Waals surface area contributed by atoms with Crippen LogP contribution in [0.5, 0.6) is 0 Å². The van der Waals surface area contributed by atoms with E-state index >= 15 is 0 Å². The molecule has 4 aliphatic rings. The van der Waals surface area contributed by atoms with Crippen molar-refractivity contribution in [2.24, 2.45) is 5.41 Å². The number of para-hydroxylation sites is 2. The number of urea groups is 1. The smallest absolute Gasteiger partial charge is 0.322 e. The summed E-state index contributed by atoms with van der Waals surface area (Å²) in [7, 11) is 2.17. The number of carbonyl (C=O) groups excluding carboxylic acids is 3. The summed E-state index contributed by atoms with van der Waals surface area (Å²) in [5.74, 6) is 0.0947. The second-order valence-electron chi connectivity index (χ2n) is 15.2. The molecule has 1 N–H and O–H groups in total. The first kappa shape index (κ1) is 33.7. The zero-order valence-electron chi connectivity index (χ0n) is 28.8. The average molecular weight is 661 g/mol. The van der Waals surface area contributed by atoms with Crippen molar-refractivity contribution in [1.29, 1.82) is 0 Å². The van der Waals surface area contributed by atoms with Crippen LogP contribution in [0.15, 0.2) is 48.5 Å². The predicted octanol–water partition coefficient (Wildman–Crippen LogP) is 5.68. The molecule has 0 unspecified atom stereocenters. The molecule has 3 saturated heterocycles. The summed E-state index contributed by atoms with van der Waals surface area (Å²) in [6, 6.07) is 16.6. The molecule has 6 rings (SSSR count). The first-order valence-electron chi connectivity index (χ1n) is 17.4. The van der Waals surface area contributed by atoms with Gasteiger partial charge in [-0.05, 0) is 62.8 Å². The molecule has 2 atom stereocenters. The largest absolute Gasteiger partial charge is 0.369 e. The molecular weight excluding hydrogens is 609 g/mol. The van der Waals surface area contributed by atoms with E-state index in [0.29, 0.717) is 26.2 Å². The van der Waals surface area contributed by atoms with Crippen molar-refractivity contribution in [2.45, 2.75) is 76.0 Å². The lowest BCUT2D eigenvalue weighted by Gasteiger charge is -2.38. The Hall–Kier alpha value is -3.24. The third-order valence-corrected chi connectivity index (χ3v) is 12.0. The Bertz CT molecular complexity index is 1460. The fraction of sp³-hybridized carbons (Fsp3) is 0.595. The predicted molar refractivity (Wildman–Crippen MR) is 191 cm³/mol. The molecule has 4 heterocycles. The number of piperazine rings is 1. The van der Waals surface area contributed by atoms with Gasteiger partial charge in [0.1, 0.15) is 10.1 Å². The Morgan fingerprint density at radius 2 is 1.62 bits per heavy atom. The first-order valence-corrected chi connectivity index (χ1v) is 18.2. The van der Waals surface area contributed by atoms with Gasteiger partial charge in [0.15, 0.2) is 0 Å². The third-order valence-electron chi connectivity index (χ3n) is 10.4. The maximum atomic E-state index is 14.4. The summed E-state index contributed by atoms with van der Waals surface area (Å²) in [4.78, 5) is 52.1. The highest BCUT2D eigenvalue weighted by molar-refractivity contribution is 8.02. The van der Waals surface area contributed by atoms with Gasteiger partial charge in [-0.15, -0.1) is 11.8 Å². The molecule has 0 aliphatic carbocycles. The number of thioether (sulfide) groups is 1. The molecule has 4 amide bonds. The quantitative estimate of drug-likeness (QED) is 0.412. The van der Waals surface area contributed by atoms with E-state index in [1.165, 1.54) is 11.3 Å². The number of piperidine rings is 1. The number of likely N-dealkylation sites (N-methyl/N-ethyl adjacent to an activating group) is 1. The van der Waals surface area contributed by atoms with Crippen LogP contribution in [-0.4, -0.2) is 108 Å². The van der Waals surface area contributed by atoms with Crippen LogP contribution in [0.25, 0.3) is 0 Å². The normalized spacial score (nSPS) is 24.7. The lowest BCUT2D eigenvalue weighted by atomic mass is 9.91. The summed E-state index contributed by atoms with van der Waals surface area (Å²) in [6.45, 7) is 15.1. The Labute approximate surface area is 285 Å². The maximum absolute atomic E-state index is 14.4. The number of anilines is 2. The van der Waals surface area contributed by atoms with Gasteiger partial charge >= 0.3 is 6.03 Å². The molecule has 47 heavy (non-hydrogen) atoms. The molecule has 0 saturated carbocycles. The minimum absolute atomic E-state index is 0.0308. The van der Waals surface area contributed by atoms with E-state index in [4.69, 9.17) is 0 Å². The van der Waals surface area contributed by atoms with Gasteiger partial charge in [-0.25, -0.2) is 4.79 Å². The number of hydrogen-bond donors (Lipinski definition) is 1. The molecule has 2 aromatic carbocycles. The number of carbonyl (C=O) groups is 3. The molecule has 10 heteroatoms. The Morgan fingerprint density at radius 1 is 0.936 bits per heavy atom. The number of likely N-dealkylation sites (tertiary alicyclic amines) is 1. The lowest BCUT2D eigenvalue weighted by Crippen LogP contribution is -2.51. The third kappa shape index (κ3) is 7.43. The van der Waals surface area contributed by atoms with Gasteiger partial charge in [0, 0.05) is 75.3 Å². The van der Waals surface area contributed by atoms with Gasteiger partial charge < -0.3 is 29.8 Å². The van der Waals surface area contributed by atoms with Crippen molar-refractivity contribution < 1.29 is 14.4 Å². The van der Waals surface area contributed by atoms with Crippen LogP contribution in [-0.2, 0) is 16.0 Å². The van der Waals surface area contributed by atoms with E-state index in [2.05, 4.69) is 78.2 Å². The van der Waals surface area contributed by atoms with Crippen LogP contribution >= 0.6 is 11.8 Å². The number of hydrogen-bond acceptors (Lipinski definition) is 6. The second kappa shape index (κ2) is 13.7. The summed E-state index contributed by atoms with van der Waals surface area (Å²) in [6.07, 6.45) is 3.37. The molecule has 0 bridgehead atoms. The molecule has 0 radical (unpaired) electrons. The minimum atomic E-state index is -0.845. The van der Waals surface area contributed by atoms with E-state index in [9.17, 15) is 14.4 Å². The zero-order valence-corrected chi connectivity index (χ0v) is 29.7. The van der Waals surface area contributed by atoms with Gasteiger partial charge in [0.2, 0.25) is 11.8 Å². The minimum Gasteiger partial charge on any atom is -0.369 e. The van der Waals surface area contributed by atoms with Gasteiger partial charge in [0.25, 0.3) is 0 Å². The van der Waals surface area contributed by atoms with E-state index in [1.807, 2.05) is 34.9 Å². The number of rotatable bonds is 7. The highest BCUT2D eigenvalue weighted by atomic mass is 32.2. The molecule has 2 aromatic rings. The fourth-order valence-electron chi connectivity index (χ4n) is 7.39. The first-order chi connectivity index (χ1) is 22.4. The molecule has 0 aromatic heterocycles. The van der Waals surface area contributed by atoms with Crippen molar-refractivity contribution in [3.63, 3.8) is 0 Å². The standard InChI is InChI=1S/C37H52N6O3S/c1-36(2,3)17-21-43-33(29-11-7-9-13-31(29)40-24-22-39(5)23-25-40)47-37(4,34(43)45)26-32(44)41-18-15-28(16-19-41)42-20-14-27-10-6-8-12-30(27)38-35(42)46/h6-13,28,33H,14-26H2,1-5H3,(H,38,46)/t33-,37-/m1/s1. The Kier molecular flexibility index (Phi) is 9.81. The highest BCUT2D eigenvalue weighted by Gasteiger charge is 2.52. The summed E-state index contributed by atoms with van der Waals surface area (Å²) >= 11 is 1.65. The molecule has 254 valence electrons. The summed E-state index contributed by atoms with van der Waals surface area (Å²) in [5, 5.41) is 2.94. The van der Waals surface area contributed by atoms with Crippen LogP contribution in [0.1, 0.15) is 69.9 Å². The van der Waals surface area contributed by atoms with Crippen LogP contribution in [0.2, 0.25) is 0 Å². The van der Waals surface area contributed by atoms with Crippen molar-refractivity contribution in [1.82, 2.24) is 19.6 Å². The van der Waals surface area contributed by atoms with E-state index in [1.54, 1.807) is 11.8 Å². The Morgan fingerprint density at radius 3 is 2.34 bits per heavy atom. The summed E-state index contributed by atoms with van der Waals surface area (Å²) < 4.78 is -0.845. The lowest BCUT2D eigenvalue weighted by molar-refractivity contribution is -0.139. The van der Waals surface area contributed by atoms with Crippen LogP contribution < -0.4 is 10.2 Å². The van der Waals surface area contributed by atoms with Crippen molar-refractivity contribution in [3.8, 4) is 0 Å². The number of benzene rings is 2. The monoisotopic (exact) mass is 660 g/mol. The van der Waals surface area contributed by atoms with Crippen LogP contribution in [0, 0.1) is 5.41 Å². The van der Waals surface area contributed by atoms with E-state index in [0.717, 1.165) is 63.1 Å². The molecule has 0 spiro atoms. The van der Waals surface area contributed by atoms with E-state index < -0.39 is 4.75 Å². The zero-order chi connectivity index (χ0) is 33.3. The number of fused-ring (bicyclic) bond motifs is 1. The molecule has 3 fully saturated rings. The van der Waals surface area contributed by atoms with E-state index in [-0.39, 0.29) is 41.1 Å². The number of nitrogens with zero attached hydrogens (tertiary/aromatic N) is 5. The molecule has 9 nitrogen and oxygen atoms in total. The Balaban J connectivity index is 1.14. The molecule has 4 aliphatic heterocycles. The highest BCUT2D eigenvalue weighted by Crippen LogP contribution is 2.53. The number of amides is 4. The summed E-state index contributed by atoms with van der Waals surface area (Å²) in [5.41, 5.74) is 4.49. The van der Waals surface area contributed by atoms with Crippen molar-refractivity contribution in [2.75, 3.05) is 69.6 Å². The van der Waals surface area contributed by atoms with Crippen molar-refractivity contribution in [3.05, 3.63) is 59.7 Å².